The smallest absolute Gasteiger partial charge is 0.480 e. The first-order valence-corrected chi connectivity index (χ1v) is 13.6. The van der Waals surface area contributed by atoms with Crippen LogP contribution in [0.1, 0.15) is 5.56 Å². The zero-order valence-electron chi connectivity index (χ0n) is 25.1. The van der Waals surface area contributed by atoms with E-state index in [9.17, 15) is 39.6 Å². The Labute approximate surface area is 413 Å². The Morgan fingerprint density at radius 3 is 1.09 bits per heavy atom. The number of rotatable bonds is 11. The van der Waals surface area contributed by atoms with Gasteiger partial charge in [-0.1, -0.05) is 12.1 Å². The first-order valence-electron chi connectivity index (χ1n) is 13.2. The van der Waals surface area contributed by atoms with Gasteiger partial charge in [-0.15, -0.1) is 0 Å². The number of hydrogen-bond acceptors (Lipinski definition) is 11. The summed E-state index contributed by atoms with van der Waals surface area (Å²) in [6.45, 7) is 2.97. The van der Waals surface area contributed by atoms with Gasteiger partial charge in [-0.3, -0.25) is 43.7 Å². The van der Waals surface area contributed by atoms with Crippen LogP contribution in [0.3, 0.4) is 0 Å². The van der Waals surface area contributed by atoms with Gasteiger partial charge in [-0.25, -0.2) is 0 Å². The molecule has 1 aromatic carbocycles. The molecule has 0 bridgehead atoms. The van der Waals surface area contributed by atoms with Crippen LogP contribution < -0.4 is 29.6 Å². The molecule has 0 saturated carbocycles. The van der Waals surface area contributed by atoms with Crippen LogP contribution in [0.2, 0.25) is 0 Å². The van der Waals surface area contributed by atoms with Crippen LogP contribution in [0, 0.1) is 148 Å². The van der Waals surface area contributed by atoms with E-state index < -0.39 is 23.9 Å². The van der Waals surface area contributed by atoms with Gasteiger partial charge in [0.05, 0.1) is 37.0 Å². The van der Waals surface area contributed by atoms with E-state index in [-0.39, 0.29) is 230 Å². The summed E-state index contributed by atoms with van der Waals surface area (Å²) in [7, 11) is 0. The van der Waals surface area contributed by atoms with Crippen molar-refractivity contribution in [1.29, 1.82) is 0 Å². The summed E-state index contributed by atoms with van der Waals surface area (Å²) in [5.41, 5.74) is 1.64. The molecule has 14 nitrogen and oxygen atoms in total. The molecule has 0 radical (unpaired) electrons. The molecule has 1 fully saturated rings. The molecule has 4 N–H and O–H groups in total. The second-order valence-electron chi connectivity index (χ2n) is 9.83. The van der Waals surface area contributed by atoms with Gasteiger partial charge in [0.25, 0.3) is 0 Å². The second kappa shape index (κ2) is 30.1. The molecule has 0 aromatic heterocycles. The van der Waals surface area contributed by atoms with Crippen molar-refractivity contribution in [2.24, 2.45) is 4.99 Å². The molecule has 1 aromatic rings. The fraction of sp³-hybridized carbons (Fsp3) is 0.577. The first kappa shape index (κ1) is 51.8. The number of carboxylic acid groups (broad SMARTS) is 4. The minimum Gasteiger partial charge on any atom is -0.480 e. The van der Waals surface area contributed by atoms with Crippen LogP contribution in [0.25, 0.3) is 0 Å². The minimum atomic E-state index is -1.04. The zero-order valence-corrected chi connectivity index (χ0v) is 35.2. The van der Waals surface area contributed by atoms with Crippen molar-refractivity contribution in [2.75, 3.05) is 91.6 Å². The Kier molecular flexibility index (Phi) is 34.7. The molecular formula is C26H38Eu3N6NaO8S+10. The molecule has 238 valence electrons. The van der Waals surface area contributed by atoms with Crippen molar-refractivity contribution in [3.8, 4) is 0 Å². The summed E-state index contributed by atoms with van der Waals surface area (Å²) in [5.74, 6) is -4.10. The summed E-state index contributed by atoms with van der Waals surface area (Å²) in [4.78, 5) is 59.0. The number of carboxylic acids is 4. The Bertz CT molecular complexity index is 1040. The summed E-state index contributed by atoms with van der Waals surface area (Å²) in [5, 5.41) is 40.1. The quantitative estimate of drug-likeness (QED) is 0.0990. The van der Waals surface area contributed by atoms with Crippen molar-refractivity contribution in [2.45, 2.75) is 6.54 Å². The van der Waals surface area contributed by atoms with Gasteiger partial charge < -0.3 is 20.4 Å². The van der Waals surface area contributed by atoms with Gasteiger partial charge >= 0.3 is 202 Å². The van der Waals surface area contributed by atoms with Gasteiger partial charge in [0.15, 0.2) is 0 Å². The number of nitrogens with zero attached hydrogens (tertiary/aromatic N) is 6. The van der Waals surface area contributed by atoms with E-state index in [4.69, 9.17) is 0 Å². The largest absolute Gasteiger partial charge is 3.00 e. The predicted octanol–water partition coefficient (Wildman–Crippen LogP) is -3.21. The van der Waals surface area contributed by atoms with Crippen molar-refractivity contribution in [3.05, 3.63) is 29.8 Å². The van der Waals surface area contributed by atoms with Crippen LogP contribution >= 0.6 is 12.2 Å². The number of hydrogen-bond donors (Lipinski definition) is 4. The van der Waals surface area contributed by atoms with Crippen LogP contribution in [-0.4, -0.2) is 166 Å². The van der Waals surface area contributed by atoms with Crippen LogP contribution in [0.4, 0.5) is 5.69 Å². The number of thiocarbonyl (C=S) groups is 1. The summed E-state index contributed by atoms with van der Waals surface area (Å²) < 4.78 is 0. The van der Waals surface area contributed by atoms with Crippen molar-refractivity contribution in [1.82, 2.24) is 24.5 Å². The SMILES string of the molecule is O=C(O)CN1CCN(CC(=O)O)CCN(CC(=O)O)CCN(Cc2ccc(N=C=S)cc2)CCN(CC(=O)O)CC1.[Eu+3].[Eu+3].[Eu+3].[Na+]. The van der Waals surface area contributed by atoms with E-state index >= 15 is 0 Å². The summed E-state index contributed by atoms with van der Waals surface area (Å²) in [6, 6.07) is 7.42. The molecule has 2 rings (SSSR count). The Morgan fingerprint density at radius 2 is 0.844 bits per heavy atom. The fourth-order valence-corrected chi connectivity index (χ4v) is 4.62. The molecule has 0 spiro atoms. The molecule has 0 atom stereocenters. The normalized spacial score (nSPS) is 16.4. The van der Waals surface area contributed by atoms with E-state index in [0.29, 0.717) is 51.5 Å². The molecular weight excluding hydrogens is 1040 g/mol. The van der Waals surface area contributed by atoms with Gasteiger partial charge in [0, 0.05) is 72.0 Å². The Balaban J connectivity index is -0.00000441. The summed E-state index contributed by atoms with van der Waals surface area (Å²) in [6.07, 6.45) is 0. The number of carbonyl (C=O) groups is 4. The first-order chi connectivity index (χ1) is 19.5. The van der Waals surface area contributed by atoms with Gasteiger partial charge in [-0.2, -0.15) is 4.99 Å². The molecule has 1 aliphatic heterocycles. The van der Waals surface area contributed by atoms with Crippen molar-refractivity contribution in [3.63, 3.8) is 0 Å². The van der Waals surface area contributed by atoms with E-state index in [0.717, 1.165) is 5.56 Å². The zero-order chi connectivity index (χ0) is 30.2. The van der Waals surface area contributed by atoms with Crippen LogP contribution in [0.15, 0.2) is 29.3 Å². The van der Waals surface area contributed by atoms with Crippen molar-refractivity contribution < 1.29 is 217 Å². The minimum absolute atomic E-state index is 0. The van der Waals surface area contributed by atoms with Crippen LogP contribution in [0.5, 0.6) is 0 Å². The maximum Gasteiger partial charge on any atom is 3.00 e. The van der Waals surface area contributed by atoms with E-state index in [2.05, 4.69) is 27.3 Å². The molecule has 0 amide bonds. The maximum atomic E-state index is 11.6. The third-order valence-electron chi connectivity index (χ3n) is 6.62. The second-order valence-corrected chi connectivity index (χ2v) is 10.0. The van der Waals surface area contributed by atoms with Crippen LogP contribution in [-0.2, 0) is 25.7 Å². The topological polar surface area (TPSA) is 178 Å². The molecule has 19 heteroatoms. The Morgan fingerprint density at radius 1 is 0.578 bits per heavy atom. The monoisotopic (exact) mass is 1080 g/mol. The van der Waals surface area contributed by atoms with E-state index in [1.807, 2.05) is 24.3 Å². The molecule has 0 unspecified atom stereocenters. The third-order valence-corrected chi connectivity index (χ3v) is 6.71. The van der Waals surface area contributed by atoms with E-state index in [1.165, 1.54) is 0 Å². The molecule has 0 aliphatic carbocycles. The average molecular weight is 1070 g/mol. The van der Waals surface area contributed by atoms with Gasteiger partial charge in [0.1, 0.15) is 0 Å². The van der Waals surface area contributed by atoms with E-state index in [1.54, 1.807) is 19.6 Å². The molecule has 1 aliphatic rings. The standard InChI is InChI=1S/C26H38N6O8S.3Eu.Na/c33-23(34)16-29-7-5-28(15-21-1-3-22(4-2-21)27-20-41)6-8-30(17-24(35)36)10-12-32(19-26(39)40)14-13-31(11-9-29)18-25(37)38;;;;/h1-4H,5-19H2,(H,33,34)(H,35,36)(H,37,38)(H,39,40);;;;/q;3*+3;+1. The van der Waals surface area contributed by atoms with Gasteiger partial charge in [0.2, 0.25) is 0 Å². The van der Waals surface area contributed by atoms with Crippen molar-refractivity contribution >= 4 is 46.9 Å². The number of isothiocyanates is 1. The molecule has 1 heterocycles. The Hall–Kier alpha value is 2.45. The number of benzene rings is 1. The average Bonchev–Trinajstić information content (AvgIpc) is 2.89. The van der Waals surface area contributed by atoms with Gasteiger partial charge in [-0.05, 0) is 29.9 Å². The third kappa shape index (κ3) is 25.1. The number of aliphatic imine (C=N–C) groups is 1. The number of aliphatic carboxylic acids is 4. The summed E-state index contributed by atoms with van der Waals surface area (Å²) >= 11 is 4.65. The fourth-order valence-electron chi connectivity index (χ4n) is 4.52. The maximum absolute atomic E-state index is 11.6. The molecule has 45 heavy (non-hydrogen) atoms. The molecule has 1 saturated heterocycles. The predicted molar refractivity (Wildman–Crippen MR) is 153 cm³/mol.